The van der Waals surface area contributed by atoms with E-state index in [4.69, 9.17) is 0 Å². The molecule has 2 aliphatic rings. The summed E-state index contributed by atoms with van der Waals surface area (Å²) in [4.78, 5) is 0. The molecule has 0 bridgehead atoms. The van der Waals surface area contributed by atoms with Crippen LogP contribution in [0.15, 0.2) is 0 Å². The Kier molecular flexibility index (Phi) is 2.89. The van der Waals surface area contributed by atoms with E-state index in [-0.39, 0.29) is 36.1 Å². The van der Waals surface area contributed by atoms with Crippen molar-refractivity contribution in [1.29, 1.82) is 0 Å². The lowest BCUT2D eigenvalue weighted by atomic mass is 9.93. The van der Waals surface area contributed by atoms with Crippen LogP contribution in [-0.4, -0.2) is 19.0 Å². The van der Waals surface area contributed by atoms with Gasteiger partial charge in [-0.15, -0.1) is 12.4 Å². The first-order valence-electron chi connectivity index (χ1n) is 4.63. The Labute approximate surface area is 83.7 Å². The molecule has 78 valence electrons. The van der Waals surface area contributed by atoms with Crippen molar-refractivity contribution in [3.05, 3.63) is 0 Å². The molecule has 2 unspecified atom stereocenters. The fourth-order valence-electron chi connectivity index (χ4n) is 2.41. The summed E-state index contributed by atoms with van der Waals surface area (Å²) in [6.07, 6.45) is 0. The minimum atomic E-state index is -2.36. The molecule has 1 aliphatic carbocycles. The average molecular weight is 212 g/mol. The SMILES string of the molecule is CC(C)C1C(C2CNC2)C1(F)F.Cl. The van der Waals surface area contributed by atoms with Crippen LogP contribution in [0, 0.1) is 23.7 Å². The van der Waals surface area contributed by atoms with Gasteiger partial charge in [-0.1, -0.05) is 13.8 Å². The summed E-state index contributed by atoms with van der Waals surface area (Å²) in [6.45, 7) is 5.38. The number of hydrogen-bond donors (Lipinski definition) is 1. The first-order valence-corrected chi connectivity index (χ1v) is 4.63. The lowest BCUT2D eigenvalue weighted by Crippen LogP contribution is -2.44. The van der Waals surface area contributed by atoms with Gasteiger partial charge in [-0.3, -0.25) is 0 Å². The normalized spacial score (nSPS) is 36.7. The highest BCUT2D eigenvalue weighted by atomic mass is 35.5. The van der Waals surface area contributed by atoms with E-state index in [0.29, 0.717) is 0 Å². The van der Waals surface area contributed by atoms with Crippen molar-refractivity contribution in [3.63, 3.8) is 0 Å². The summed E-state index contributed by atoms with van der Waals surface area (Å²) < 4.78 is 26.3. The Morgan fingerprint density at radius 2 is 1.85 bits per heavy atom. The van der Waals surface area contributed by atoms with Gasteiger partial charge < -0.3 is 5.32 Å². The predicted octanol–water partition coefficient (Wildman–Crippen LogP) is 2.16. The van der Waals surface area contributed by atoms with Crippen LogP contribution in [0.4, 0.5) is 8.78 Å². The van der Waals surface area contributed by atoms with Gasteiger partial charge in [0.2, 0.25) is 0 Å². The molecule has 1 heterocycles. The van der Waals surface area contributed by atoms with Crippen molar-refractivity contribution in [2.24, 2.45) is 23.7 Å². The number of rotatable bonds is 2. The molecule has 2 atom stereocenters. The van der Waals surface area contributed by atoms with E-state index in [1.165, 1.54) is 0 Å². The van der Waals surface area contributed by atoms with Crippen LogP contribution >= 0.6 is 12.4 Å². The summed E-state index contributed by atoms with van der Waals surface area (Å²) in [5.74, 6) is -2.65. The molecule has 2 fully saturated rings. The molecule has 1 saturated heterocycles. The third-order valence-electron chi connectivity index (χ3n) is 3.21. The Morgan fingerprint density at radius 1 is 1.31 bits per heavy atom. The fraction of sp³-hybridized carbons (Fsp3) is 1.00. The molecule has 0 aromatic carbocycles. The summed E-state index contributed by atoms with van der Waals surface area (Å²) in [5.41, 5.74) is 0. The van der Waals surface area contributed by atoms with Crippen LogP contribution in [0.5, 0.6) is 0 Å². The highest BCUT2D eigenvalue weighted by molar-refractivity contribution is 5.85. The second-order valence-electron chi connectivity index (χ2n) is 4.39. The largest absolute Gasteiger partial charge is 0.316 e. The zero-order chi connectivity index (χ0) is 8.93. The van der Waals surface area contributed by atoms with Gasteiger partial charge in [-0.05, 0) is 24.9 Å². The van der Waals surface area contributed by atoms with Crippen molar-refractivity contribution >= 4 is 12.4 Å². The van der Waals surface area contributed by atoms with Gasteiger partial charge in [0.1, 0.15) is 0 Å². The molecule has 0 aromatic heterocycles. The minimum absolute atomic E-state index is 0. The van der Waals surface area contributed by atoms with E-state index in [9.17, 15) is 8.78 Å². The van der Waals surface area contributed by atoms with Gasteiger partial charge >= 0.3 is 0 Å². The Morgan fingerprint density at radius 3 is 2.08 bits per heavy atom. The van der Waals surface area contributed by atoms with Gasteiger partial charge in [0.05, 0.1) is 0 Å². The molecule has 1 nitrogen and oxygen atoms in total. The van der Waals surface area contributed by atoms with Gasteiger partial charge in [-0.2, -0.15) is 0 Å². The molecule has 0 aromatic rings. The van der Waals surface area contributed by atoms with Crippen LogP contribution in [0.3, 0.4) is 0 Å². The third-order valence-corrected chi connectivity index (χ3v) is 3.21. The maximum atomic E-state index is 13.2. The van der Waals surface area contributed by atoms with E-state index in [1.807, 2.05) is 13.8 Å². The zero-order valence-corrected chi connectivity index (χ0v) is 8.70. The average Bonchev–Trinajstić information content (AvgIpc) is 2.30. The second kappa shape index (κ2) is 3.35. The molecule has 0 radical (unpaired) electrons. The first kappa shape index (κ1) is 11.2. The lowest BCUT2D eigenvalue weighted by molar-refractivity contribution is 0.0623. The third kappa shape index (κ3) is 1.57. The lowest BCUT2D eigenvalue weighted by Gasteiger charge is -2.27. The molecule has 1 aliphatic heterocycles. The number of alkyl halides is 2. The Hall–Kier alpha value is 0.110. The summed E-state index contributed by atoms with van der Waals surface area (Å²) in [7, 11) is 0. The first-order chi connectivity index (χ1) is 5.55. The van der Waals surface area contributed by atoms with Gasteiger partial charge in [-0.25, -0.2) is 8.78 Å². The van der Waals surface area contributed by atoms with Gasteiger partial charge in [0, 0.05) is 11.8 Å². The maximum absolute atomic E-state index is 13.2. The monoisotopic (exact) mass is 211 g/mol. The van der Waals surface area contributed by atoms with Crippen LogP contribution in [-0.2, 0) is 0 Å². The van der Waals surface area contributed by atoms with E-state index in [1.54, 1.807) is 0 Å². The smallest absolute Gasteiger partial charge is 0.255 e. The molecule has 2 rings (SSSR count). The number of halogens is 3. The summed E-state index contributed by atoms with van der Waals surface area (Å²) in [6, 6.07) is 0. The molecule has 4 heteroatoms. The van der Waals surface area contributed by atoms with Crippen molar-refractivity contribution < 1.29 is 8.78 Å². The molecule has 0 amide bonds. The topological polar surface area (TPSA) is 12.0 Å². The van der Waals surface area contributed by atoms with Crippen LogP contribution in [0.1, 0.15) is 13.8 Å². The van der Waals surface area contributed by atoms with Gasteiger partial charge in [0.25, 0.3) is 5.92 Å². The van der Waals surface area contributed by atoms with Crippen molar-refractivity contribution in [1.82, 2.24) is 5.32 Å². The molecule has 0 spiro atoms. The number of hydrogen-bond acceptors (Lipinski definition) is 1. The molecule has 13 heavy (non-hydrogen) atoms. The van der Waals surface area contributed by atoms with E-state index < -0.39 is 5.92 Å². The van der Waals surface area contributed by atoms with E-state index in [2.05, 4.69) is 5.32 Å². The van der Waals surface area contributed by atoms with Crippen LogP contribution in [0.2, 0.25) is 0 Å². The van der Waals surface area contributed by atoms with Gasteiger partial charge in [0.15, 0.2) is 0 Å². The van der Waals surface area contributed by atoms with Crippen molar-refractivity contribution in [2.45, 2.75) is 19.8 Å². The van der Waals surface area contributed by atoms with E-state index in [0.717, 1.165) is 13.1 Å². The van der Waals surface area contributed by atoms with Crippen molar-refractivity contribution in [2.75, 3.05) is 13.1 Å². The Balaban J connectivity index is 0.000000845. The molecule has 1 N–H and O–H groups in total. The highest BCUT2D eigenvalue weighted by Crippen LogP contribution is 2.62. The predicted molar refractivity (Wildman–Crippen MR) is 50.4 cm³/mol. The molecular weight excluding hydrogens is 196 g/mol. The number of nitrogens with one attached hydrogen (secondary N) is 1. The maximum Gasteiger partial charge on any atom is 0.255 e. The van der Waals surface area contributed by atoms with Crippen molar-refractivity contribution in [3.8, 4) is 0 Å². The van der Waals surface area contributed by atoms with E-state index >= 15 is 0 Å². The second-order valence-corrected chi connectivity index (χ2v) is 4.39. The molecular formula is C9H16ClF2N. The van der Waals surface area contributed by atoms with Crippen LogP contribution in [0.25, 0.3) is 0 Å². The quantitative estimate of drug-likeness (QED) is 0.738. The highest BCUT2D eigenvalue weighted by Gasteiger charge is 2.71. The zero-order valence-electron chi connectivity index (χ0n) is 7.89. The standard InChI is InChI=1S/C9H15F2N.ClH/c1-5(2)7-8(9(7,10)11)6-3-12-4-6;/h5-8,12H,3-4H2,1-2H3;1H. The minimum Gasteiger partial charge on any atom is -0.316 e. The summed E-state index contributed by atoms with van der Waals surface area (Å²) in [5, 5.41) is 3.05. The Bertz CT molecular complexity index is 192. The fourth-order valence-corrected chi connectivity index (χ4v) is 2.41. The molecule has 1 saturated carbocycles. The van der Waals surface area contributed by atoms with Crippen LogP contribution < -0.4 is 5.32 Å². The summed E-state index contributed by atoms with van der Waals surface area (Å²) >= 11 is 0.